The summed E-state index contributed by atoms with van der Waals surface area (Å²) >= 11 is 0. The predicted molar refractivity (Wildman–Crippen MR) is 183 cm³/mol. The first kappa shape index (κ1) is 33.4. The van der Waals surface area contributed by atoms with Crippen LogP contribution in [0.2, 0.25) is 0 Å². The summed E-state index contributed by atoms with van der Waals surface area (Å²) in [6.07, 6.45) is 24.9. The van der Waals surface area contributed by atoms with E-state index in [1.54, 1.807) is 0 Å². The van der Waals surface area contributed by atoms with Crippen LogP contribution in [0.5, 0.6) is 0 Å². The standard InChI is InChI=1S/C38H56N4O/c1-32-11-8-9-13-34(17-16-32)27-39-22-25-41(26-23-40-28-37-14-7-5-4-6-12-33(37)2)29-35-18-20-36(21-19-35)30-42-24-10-15-38(42)31-43-3/h4-5,7-9,11,13-14,18-21,38-40H,6,10,12,15-17,22-31H2,1-3H3/b5-4+,9-8-,14-7-,32-11+,34-13+,37-33-/t38-/m0/s1. The number of rotatable bonds is 16. The molecule has 2 aliphatic carbocycles. The van der Waals surface area contributed by atoms with Crippen molar-refractivity contribution in [1.29, 1.82) is 0 Å². The van der Waals surface area contributed by atoms with Crippen LogP contribution in [0.1, 0.15) is 63.5 Å². The highest BCUT2D eigenvalue weighted by molar-refractivity contribution is 5.30. The molecule has 0 aromatic heterocycles. The molecule has 234 valence electrons. The van der Waals surface area contributed by atoms with Gasteiger partial charge < -0.3 is 15.4 Å². The van der Waals surface area contributed by atoms with Crippen molar-refractivity contribution in [3.05, 3.63) is 106 Å². The van der Waals surface area contributed by atoms with Gasteiger partial charge in [0.1, 0.15) is 0 Å². The van der Waals surface area contributed by atoms with Crippen LogP contribution in [0.15, 0.2) is 95.2 Å². The van der Waals surface area contributed by atoms with Crippen LogP contribution in [0.25, 0.3) is 0 Å². The molecule has 0 amide bonds. The summed E-state index contributed by atoms with van der Waals surface area (Å²) in [5.74, 6) is 0. The lowest BCUT2D eigenvalue weighted by Gasteiger charge is -2.25. The molecule has 0 unspecified atom stereocenters. The average Bonchev–Trinajstić information content (AvgIpc) is 3.43. The molecule has 1 saturated heterocycles. The number of likely N-dealkylation sites (tertiary alicyclic amines) is 1. The Morgan fingerprint density at radius 2 is 1.65 bits per heavy atom. The molecular formula is C38H56N4O. The van der Waals surface area contributed by atoms with E-state index in [1.807, 2.05) is 7.11 Å². The van der Waals surface area contributed by atoms with Crippen LogP contribution in [-0.2, 0) is 17.8 Å². The normalized spacial score (nSPS) is 26.1. The molecule has 1 aromatic rings. The molecule has 0 bridgehead atoms. The molecule has 1 heterocycles. The minimum absolute atomic E-state index is 0.559. The van der Waals surface area contributed by atoms with Gasteiger partial charge in [0, 0.05) is 65.5 Å². The highest BCUT2D eigenvalue weighted by atomic mass is 16.5. The topological polar surface area (TPSA) is 39.8 Å². The number of allylic oxidation sites excluding steroid dienone is 9. The summed E-state index contributed by atoms with van der Waals surface area (Å²) in [7, 11) is 1.82. The zero-order valence-electron chi connectivity index (χ0n) is 27.1. The van der Waals surface area contributed by atoms with Crippen molar-refractivity contribution < 1.29 is 4.74 Å². The summed E-state index contributed by atoms with van der Waals surface area (Å²) in [6.45, 7) is 14.5. The lowest BCUT2D eigenvalue weighted by Crippen LogP contribution is -2.37. The number of methoxy groups -OCH3 is 1. The first-order chi connectivity index (χ1) is 21.1. The molecule has 0 saturated carbocycles. The van der Waals surface area contributed by atoms with Crippen molar-refractivity contribution >= 4 is 0 Å². The molecule has 1 atom stereocenters. The van der Waals surface area contributed by atoms with Gasteiger partial charge in [-0.2, -0.15) is 0 Å². The average molecular weight is 585 g/mol. The second-order valence-corrected chi connectivity index (χ2v) is 12.5. The molecule has 5 nitrogen and oxygen atoms in total. The SMILES string of the molecule is COC[C@@H]1CCCN1Cc1ccc(CN(CCNCC2=C(/C)CC/C=C/C=C\2)CCNC/C2=C/C=C\C=C(/C)CC2)cc1. The molecule has 2 N–H and O–H groups in total. The predicted octanol–water partition coefficient (Wildman–Crippen LogP) is 6.72. The van der Waals surface area contributed by atoms with E-state index in [1.165, 1.54) is 52.8 Å². The monoisotopic (exact) mass is 584 g/mol. The van der Waals surface area contributed by atoms with Crippen molar-refractivity contribution in [1.82, 2.24) is 20.4 Å². The Morgan fingerprint density at radius 3 is 2.47 bits per heavy atom. The largest absolute Gasteiger partial charge is 0.383 e. The Kier molecular flexibility index (Phi) is 14.7. The Morgan fingerprint density at radius 1 is 0.884 bits per heavy atom. The minimum Gasteiger partial charge on any atom is -0.383 e. The van der Waals surface area contributed by atoms with E-state index >= 15 is 0 Å². The maximum atomic E-state index is 5.46. The quantitative estimate of drug-likeness (QED) is 0.211. The van der Waals surface area contributed by atoms with Gasteiger partial charge in [0.2, 0.25) is 0 Å². The molecule has 0 spiro atoms. The zero-order valence-corrected chi connectivity index (χ0v) is 27.1. The summed E-state index contributed by atoms with van der Waals surface area (Å²) in [5.41, 5.74) is 8.68. The van der Waals surface area contributed by atoms with E-state index in [-0.39, 0.29) is 0 Å². The van der Waals surface area contributed by atoms with Crippen molar-refractivity contribution in [2.45, 2.75) is 71.5 Å². The Balaban J connectivity index is 1.29. The van der Waals surface area contributed by atoms with Gasteiger partial charge >= 0.3 is 0 Å². The van der Waals surface area contributed by atoms with Gasteiger partial charge in [-0.15, -0.1) is 0 Å². The second kappa shape index (κ2) is 19.0. The zero-order chi connectivity index (χ0) is 30.1. The molecule has 3 aliphatic rings. The third kappa shape index (κ3) is 12.2. The fourth-order valence-electron chi connectivity index (χ4n) is 6.19. The molecule has 1 aromatic carbocycles. The first-order valence-electron chi connectivity index (χ1n) is 16.6. The van der Waals surface area contributed by atoms with E-state index in [2.05, 4.69) is 107 Å². The third-order valence-electron chi connectivity index (χ3n) is 8.99. The van der Waals surface area contributed by atoms with Crippen molar-refractivity contribution in [2.24, 2.45) is 0 Å². The van der Waals surface area contributed by atoms with Crippen molar-refractivity contribution in [2.75, 3.05) is 59.5 Å². The van der Waals surface area contributed by atoms with Crippen LogP contribution >= 0.6 is 0 Å². The molecule has 5 heteroatoms. The van der Waals surface area contributed by atoms with Crippen LogP contribution in [-0.4, -0.2) is 75.4 Å². The van der Waals surface area contributed by atoms with E-state index < -0.39 is 0 Å². The minimum atomic E-state index is 0.559. The number of nitrogens with one attached hydrogen (secondary N) is 2. The second-order valence-electron chi connectivity index (χ2n) is 12.5. The van der Waals surface area contributed by atoms with Crippen LogP contribution < -0.4 is 10.6 Å². The summed E-state index contributed by atoms with van der Waals surface area (Å²) in [6, 6.07) is 9.91. The summed E-state index contributed by atoms with van der Waals surface area (Å²) in [4.78, 5) is 5.18. The van der Waals surface area contributed by atoms with Gasteiger partial charge in [-0.25, -0.2) is 0 Å². The van der Waals surface area contributed by atoms with E-state index in [0.29, 0.717) is 6.04 Å². The number of hydrogen-bond acceptors (Lipinski definition) is 5. The Labute approximate surface area is 262 Å². The van der Waals surface area contributed by atoms with Gasteiger partial charge in [0.25, 0.3) is 0 Å². The Hall–Kier alpha value is -2.54. The first-order valence-corrected chi connectivity index (χ1v) is 16.6. The van der Waals surface area contributed by atoms with E-state index in [4.69, 9.17) is 4.74 Å². The smallest absolute Gasteiger partial charge is 0.0618 e. The highest BCUT2D eigenvalue weighted by Gasteiger charge is 2.24. The number of ether oxygens (including phenoxy) is 1. The molecule has 43 heavy (non-hydrogen) atoms. The Bertz CT molecular complexity index is 1160. The molecule has 0 radical (unpaired) electrons. The van der Waals surface area contributed by atoms with Gasteiger partial charge in [0.05, 0.1) is 6.61 Å². The maximum absolute atomic E-state index is 5.46. The highest BCUT2D eigenvalue weighted by Crippen LogP contribution is 2.21. The molecule has 1 fully saturated rings. The third-order valence-corrected chi connectivity index (χ3v) is 8.99. The summed E-state index contributed by atoms with van der Waals surface area (Å²) < 4.78 is 5.46. The summed E-state index contributed by atoms with van der Waals surface area (Å²) in [5, 5.41) is 7.48. The number of benzene rings is 1. The molecule has 4 rings (SSSR count). The van der Waals surface area contributed by atoms with E-state index in [0.717, 1.165) is 84.6 Å². The lowest BCUT2D eigenvalue weighted by atomic mass is 10.0. The molecule has 1 aliphatic heterocycles. The fraction of sp³-hybridized carbons (Fsp3) is 0.526. The maximum Gasteiger partial charge on any atom is 0.0618 e. The van der Waals surface area contributed by atoms with Gasteiger partial charge in [0.15, 0.2) is 0 Å². The number of hydrogen-bond donors (Lipinski definition) is 2. The van der Waals surface area contributed by atoms with Gasteiger partial charge in [-0.3, -0.25) is 9.80 Å². The van der Waals surface area contributed by atoms with Crippen LogP contribution in [0, 0.1) is 0 Å². The van der Waals surface area contributed by atoms with Crippen molar-refractivity contribution in [3.8, 4) is 0 Å². The van der Waals surface area contributed by atoms with Crippen LogP contribution in [0.3, 0.4) is 0 Å². The fourth-order valence-corrected chi connectivity index (χ4v) is 6.19. The lowest BCUT2D eigenvalue weighted by molar-refractivity contribution is 0.112. The number of nitrogens with zero attached hydrogens (tertiary/aromatic N) is 2. The van der Waals surface area contributed by atoms with Crippen LogP contribution in [0.4, 0.5) is 0 Å². The van der Waals surface area contributed by atoms with Gasteiger partial charge in [-0.05, 0) is 75.6 Å². The van der Waals surface area contributed by atoms with Gasteiger partial charge in [-0.1, -0.05) is 89.6 Å². The molecular weight excluding hydrogens is 528 g/mol. The van der Waals surface area contributed by atoms with E-state index in [9.17, 15) is 0 Å². The van der Waals surface area contributed by atoms with Crippen molar-refractivity contribution in [3.63, 3.8) is 0 Å².